The monoisotopic (exact) mass is 452 g/mol. The smallest absolute Gasteiger partial charge is 0.319 e. The van der Waals surface area contributed by atoms with Gasteiger partial charge < -0.3 is 15.5 Å². The van der Waals surface area contributed by atoms with Crippen molar-refractivity contribution in [2.24, 2.45) is 0 Å². The summed E-state index contributed by atoms with van der Waals surface area (Å²) in [5.41, 5.74) is 2.31. The van der Waals surface area contributed by atoms with Gasteiger partial charge in [-0.1, -0.05) is 54.2 Å². The molecule has 0 radical (unpaired) electrons. The van der Waals surface area contributed by atoms with E-state index in [1.807, 2.05) is 30.3 Å². The molecule has 0 bridgehead atoms. The molecular formula is C23H24N4O4S. The molecular weight excluding hydrogens is 428 g/mol. The predicted octanol–water partition coefficient (Wildman–Crippen LogP) is 3.37. The second-order valence-corrected chi connectivity index (χ2v) is 8.66. The molecule has 0 aliphatic carbocycles. The van der Waals surface area contributed by atoms with Crippen LogP contribution in [0.5, 0.6) is 0 Å². The lowest BCUT2D eigenvalue weighted by atomic mass is 10.1. The number of hydrogen-bond acceptors (Lipinski definition) is 5. The molecule has 8 nitrogen and oxygen atoms in total. The fourth-order valence-electron chi connectivity index (χ4n) is 3.77. The summed E-state index contributed by atoms with van der Waals surface area (Å²) in [7, 11) is 0. The number of carbonyl (C=O) groups is 4. The highest BCUT2D eigenvalue weighted by Crippen LogP contribution is 2.22. The van der Waals surface area contributed by atoms with E-state index in [0.29, 0.717) is 25.2 Å². The predicted molar refractivity (Wildman–Crippen MR) is 122 cm³/mol. The quantitative estimate of drug-likeness (QED) is 0.671. The van der Waals surface area contributed by atoms with Crippen LogP contribution in [-0.2, 0) is 16.1 Å². The third-order valence-corrected chi connectivity index (χ3v) is 6.33. The lowest BCUT2D eigenvalue weighted by Gasteiger charge is -2.25. The Balaban J connectivity index is 1.37. The zero-order chi connectivity index (χ0) is 22.5. The van der Waals surface area contributed by atoms with E-state index in [-0.39, 0.29) is 41.4 Å². The second kappa shape index (κ2) is 9.86. The Morgan fingerprint density at radius 1 is 1.00 bits per heavy atom. The Bertz CT molecular complexity index is 996. The van der Waals surface area contributed by atoms with Gasteiger partial charge in [-0.05, 0) is 29.7 Å². The van der Waals surface area contributed by atoms with Crippen molar-refractivity contribution < 1.29 is 19.2 Å². The maximum Gasteiger partial charge on any atom is 0.319 e. The number of rotatable bonds is 7. The van der Waals surface area contributed by atoms with Crippen LogP contribution in [0.15, 0.2) is 54.6 Å². The molecule has 2 aliphatic heterocycles. The highest BCUT2D eigenvalue weighted by atomic mass is 32.2. The number of benzene rings is 2. The van der Waals surface area contributed by atoms with Gasteiger partial charge >= 0.3 is 6.03 Å². The zero-order valence-corrected chi connectivity index (χ0v) is 18.3. The minimum absolute atomic E-state index is 0.108. The first-order chi connectivity index (χ1) is 15.5. The third-order valence-electron chi connectivity index (χ3n) is 5.47. The molecule has 2 aromatic carbocycles. The Hall–Kier alpha value is -3.33. The molecule has 0 spiro atoms. The average Bonchev–Trinajstić information content (AvgIpc) is 3.34. The fourth-order valence-corrected chi connectivity index (χ4v) is 4.50. The van der Waals surface area contributed by atoms with Crippen molar-refractivity contribution in [1.82, 2.24) is 15.1 Å². The van der Waals surface area contributed by atoms with E-state index < -0.39 is 0 Å². The fraction of sp³-hybridized carbons (Fsp3) is 0.304. The highest BCUT2D eigenvalue weighted by Gasteiger charge is 2.29. The van der Waals surface area contributed by atoms with E-state index in [1.54, 1.807) is 29.2 Å². The number of carbonyl (C=O) groups excluding carboxylic acids is 4. The van der Waals surface area contributed by atoms with Crippen molar-refractivity contribution in [1.29, 1.82) is 0 Å². The summed E-state index contributed by atoms with van der Waals surface area (Å²) in [4.78, 5) is 51.3. The van der Waals surface area contributed by atoms with Crippen molar-refractivity contribution in [2.75, 3.05) is 24.2 Å². The molecule has 2 heterocycles. The van der Waals surface area contributed by atoms with Gasteiger partial charge in [0.05, 0.1) is 18.3 Å². The summed E-state index contributed by atoms with van der Waals surface area (Å²) in [6.07, 6.45) is 1.39. The van der Waals surface area contributed by atoms with E-state index >= 15 is 0 Å². The van der Waals surface area contributed by atoms with Crippen molar-refractivity contribution in [3.8, 4) is 0 Å². The molecule has 4 rings (SSSR count). The van der Waals surface area contributed by atoms with Gasteiger partial charge in [0.25, 0.3) is 5.24 Å². The molecule has 0 saturated carbocycles. The first-order valence-electron chi connectivity index (χ1n) is 10.5. The van der Waals surface area contributed by atoms with Crippen molar-refractivity contribution in [3.05, 3.63) is 65.7 Å². The van der Waals surface area contributed by atoms with E-state index in [0.717, 1.165) is 29.3 Å². The average molecular weight is 453 g/mol. The van der Waals surface area contributed by atoms with Gasteiger partial charge in [-0.2, -0.15) is 0 Å². The topological polar surface area (TPSA) is 98.8 Å². The first kappa shape index (κ1) is 21.9. The third kappa shape index (κ3) is 5.28. The molecule has 2 saturated heterocycles. The summed E-state index contributed by atoms with van der Waals surface area (Å²) in [6.45, 7) is 1.34. The van der Waals surface area contributed by atoms with E-state index in [4.69, 9.17) is 0 Å². The van der Waals surface area contributed by atoms with Gasteiger partial charge in [-0.3, -0.25) is 19.3 Å². The Morgan fingerprint density at radius 3 is 2.38 bits per heavy atom. The lowest BCUT2D eigenvalue weighted by Crippen LogP contribution is -2.40. The van der Waals surface area contributed by atoms with E-state index in [2.05, 4.69) is 10.6 Å². The van der Waals surface area contributed by atoms with E-state index in [1.165, 1.54) is 4.90 Å². The van der Waals surface area contributed by atoms with Crippen LogP contribution >= 0.6 is 11.8 Å². The van der Waals surface area contributed by atoms with Crippen molar-refractivity contribution in [3.63, 3.8) is 0 Å². The molecule has 2 aliphatic rings. The van der Waals surface area contributed by atoms with Crippen LogP contribution in [0.3, 0.4) is 0 Å². The normalized spacial score (nSPS) is 17.1. The number of anilines is 1. The summed E-state index contributed by atoms with van der Waals surface area (Å²) in [5.74, 6) is 0.103. The molecule has 9 heteroatoms. The Kier molecular flexibility index (Phi) is 6.75. The van der Waals surface area contributed by atoms with Gasteiger partial charge in [-0.15, -0.1) is 0 Å². The number of nitrogens with zero attached hydrogens (tertiary/aromatic N) is 2. The molecule has 0 aromatic heterocycles. The van der Waals surface area contributed by atoms with Gasteiger partial charge in [-0.25, -0.2) is 4.79 Å². The summed E-state index contributed by atoms with van der Waals surface area (Å²) >= 11 is 1.01. The minimum atomic E-state index is -0.375. The summed E-state index contributed by atoms with van der Waals surface area (Å²) in [6, 6.07) is 15.9. The van der Waals surface area contributed by atoms with Gasteiger partial charge in [0, 0.05) is 25.2 Å². The largest absolute Gasteiger partial charge is 0.340 e. The Morgan fingerprint density at radius 2 is 1.75 bits per heavy atom. The number of amides is 5. The van der Waals surface area contributed by atoms with Crippen LogP contribution in [0, 0.1) is 0 Å². The van der Waals surface area contributed by atoms with Crippen molar-refractivity contribution in [2.45, 2.75) is 25.4 Å². The van der Waals surface area contributed by atoms with Crippen molar-refractivity contribution >= 4 is 40.5 Å². The van der Waals surface area contributed by atoms with Crippen LogP contribution < -0.4 is 10.6 Å². The summed E-state index contributed by atoms with van der Waals surface area (Å²) in [5, 5.41) is 5.55. The number of imide groups is 1. The number of hydrogen-bond donors (Lipinski definition) is 2. The van der Waals surface area contributed by atoms with Gasteiger partial charge in [0.1, 0.15) is 0 Å². The lowest BCUT2D eigenvalue weighted by molar-refractivity contribution is -0.128. The van der Waals surface area contributed by atoms with Crippen LogP contribution in [-0.4, -0.2) is 51.7 Å². The number of thioether (sulfide) groups is 1. The van der Waals surface area contributed by atoms with Crippen LogP contribution in [0.1, 0.15) is 30.0 Å². The minimum Gasteiger partial charge on any atom is -0.340 e. The molecule has 2 aromatic rings. The highest BCUT2D eigenvalue weighted by molar-refractivity contribution is 8.14. The van der Waals surface area contributed by atoms with E-state index in [9.17, 15) is 19.2 Å². The van der Waals surface area contributed by atoms with Gasteiger partial charge in [0.2, 0.25) is 11.8 Å². The maximum absolute atomic E-state index is 12.7. The Labute approximate surface area is 190 Å². The number of nitrogens with one attached hydrogen (secondary N) is 2. The SMILES string of the molecule is O=C(Nc1ccc(CN2C(=O)CSC2=O)cc1)NC(CN1CCCC1=O)c1ccccc1. The second-order valence-electron chi connectivity index (χ2n) is 7.74. The molecule has 32 heavy (non-hydrogen) atoms. The van der Waals surface area contributed by atoms with Crippen LogP contribution in [0.2, 0.25) is 0 Å². The maximum atomic E-state index is 12.7. The number of likely N-dealkylation sites (tertiary alicyclic amines) is 1. The molecule has 2 N–H and O–H groups in total. The molecule has 2 fully saturated rings. The zero-order valence-electron chi connectivity index (χ0n) is 17.5. The molecule has 1 atom stereocenters. The number of urea groups is 1. The molecule has 5 amide bonds. The van der Waals surface area contributed by atoms with Gasteiger partial charge in [0.15, 0.2) is 0 Å². The van der Waals surface area contributed by atoms with Crippen LogP contribution in [0.25, 0.3) is 0 Å². The first-order valence-corrected chi connectivity index (χ1v) is 11.4. The van der Waals surface area contributed by atoms with Crippen LogP contribution in [0.4, 0.5) is 15.3 Å². The molecule has 1 unspecified atom stereocenters. The standard InChI is InChI=1S/C23H24N4O4S/c28-20-7-4-12-26(20)14-19(17-5-2-1-3-6-17)25-22(30)24-18-10-8-16(9-11-18)13-27-21(29)15-32-23(27)31/h1-3,5-6,8-11,19H,4,7,12-15H2,(H2,24,25,30). The molecule has 166 valence electrons. The summed E-state index contributed by atoms with van der Waals surface area (Å²) < 4.78 is 0.